The molecule has 1 atom stereocenters. The maximum Gasteiger partial charge on any atom is 0.273 e. The third kappa shape index (κ3) is 4.54. The SMILES string of the molecule is O=C(NC[C@H](OCCO)c1ccsc1)c1cc(-c2ccccc2)on1. The van der Waals surface area contributed by atoms with Crippen molar-refractivity contribution in [2.45, 2.75) is 6.10 Å². The second-order valence-corrected chi connectivity index (χ2v) is 6.07. The third-order valence-corrected chi connectivity index (χ3v) is 4.28. The molecule has 0 bridgehead atoms. The van der Waals surface area contributed by atoms with Gasteiger partial charge in [-0.15, -0.1) is 0 Å². The second-order valence-electron chi connectivity index (χ2n) is 5.29. The number of ether oxygens (including phenoxy) is 1. The lowest BCUT2D eigenvalue weighted by molar-refractivity contribution is 0.0279. The highest BCUT2D eigenvalue weighted by Gasteiger charge is 2.17. The van der Waals surface area contributed by atoms with Gasteiger partial charge in [0.1, 0.15) is 6.10 Å². The minimum absolute atomic E-state index is 0.0711. The Morgan fingerprint density at radius 3 is 2.88 bits per heavy atom. The monoisotopic (exact) mass is 358 g/mol. The Morgan fingerprint density at radius 1 is 1.32 bits per heavy atom. The summed E-state index contributed by atoms with van der Waals surface area (Å²) in [5, 5.41) is 19.5. The molecule has 2 aromatic heterocycles. The van der Waals surface area contributed by atoms with Crippen molar-refractivity contribution in [2.75, 3.05) is 19.8 Å². The number of hydrogen-bond acceptors (Lipinski definition) is 6. The molecule has 0 fully saturated rings. The fourth-order valence-corrected chi connectivity index (χ4v) is 3.02. The summed E-state index contributed by atoms with van der Waals surface area (Å²) < 4.78 is 10.8. The van der Waals surface area contributed by atoms with E-state index in [1.54, 1.807) is 17.4 Å². The van der Waals surface area contributed by atoms with Crippen molar-refractivity contribution in [3.63, 3.8) is 0 Å². The first-order valence-corrected chi connectivity index (χ1v) is 8.77. The molecule has 0 spiro atoms. The predicted molar refractivity (Wildman–Crippen MR) is 94.4 cm³/mol. The van der Waals surface area contributed by atoms with Crippen LogP contribution in [0.25, 0.3) is 11.3 Å². The van der Waals surface area contributed by atoms with E-state index < -0.39 is 0 Å². The molecule has 7 heteroatoms. The van der Waals surface area contributed by atoms with Crippen molar-refractivity contribution in [3.05, 3.63) is 64.5 Å². The number of nitrogens with one attached hydrogen (secondary N) is 1. The molecule has 3 aromatic rings. The number of thiophene rings is 1. The summed E-state index contributed by atoms with van der Waals surface area (Å²) in [5.74, 6) is 0.204. The zero-order chi connectivity index (χ0) is 17.5. The molecule has 1 aromatic carbocycles. The maximum absolute atomic E-state index is 12.3. The molecule has 0 radical (unpaired) electrons. The zero-order valence-corrected chi connectivity index (χ0v) is 14.2. The van der Waals surface area contributed by atoms with Crippen molar-refractivity contribution in [1.29, 1.82) is 0 Å². The molecule has 2 heterocycles. The van der Waals surface area contributed by atoms with Crippen molar-refractivity contribution in [3.8, 4) is 11.3 Å². The maximum atomic E-state index is 12.3. The second kappa shape index (κ2) is 8.57. The largest absolute Gasteiger partial charge is 0.394 e. The summed E-state index contributed by atoms with van der Waals surface area (Å²) >= 11 is 1.55. The van der Waals surface area contributed by atoms with Crippen LogP contribution < -0.4 is 5.32 Å². The van der Waals surface area contributed by atoms with Gasteiger partial charge < -0.3 is 19.7 Å². The van der Waals surface area contributed by atoms with Crippen molar-refractivity contribution >= 4 is 17.2 Å². The summed E-state index contributed by atoms with van der Waals surface area (Å²) in [7, 11) is 0. The summed E-state index contributed by atoms with van der Waals surface area (Å²) in [6.45, 7) is 0.417. The molecule has 0 aliphatic carbocycles. The average Bonchev–Trinajstić information content (AvgIpc) is 3.34. The molecule has 130 valence electrons. The van der Waals surface area contributed by atoms with Crippen LogP contribution in [0.1, 0.15) is 22.2 Å². The van der Waals surface area contributed by atoms with Gasteiger partial charge in [0.05, 0.1) is 13.2 Å². The van der Waals surface area contributed by atoms with Crippen LogP contribution in [0.4, 0.5) is 0 Å². The molecular formula is C18H18N2O4S. The Morgan fingerprint density at radius 2 is 2.16 bits per heavy atom. The van der Waals surface area contributed by atoms with Gasteiger partial charge in [-0.1, -0.05) is 35.5 Å². The van der Waals surface area contributed by atoms with Crippen LogP contribution in [0.2, 0.25) is 0 Å². The lowest BCUT2D eigenvalue weighted by Gasteiger charge is -2.16. The number of carbonyl (C=O) groups excluding carboxylic acids is 1. The molecule has 0 aliphatic rings. The van der Waals surface area contributed by atoms with Crippen LogP contribution in [0.15, 0.2) is 57.7 Å². The normalized spacial score (nSPS) is 12.0. The number of hydrogen-bond donors (Lipinski definition) is 2. The Bertz CT molecular complexity index is 787. The van der Waals surface area contributed by atoms with Gasteiger partial charge in [0.2, 0.25) is 0 Å². The van der Waals surface area contributed by atoms with Crippen LogP contribution in [-0.2, 0) is 4.74 Å². The lowest BCUT2D eigenvalue weighted by Crippen LogP contribution is -2.30. The number of aliphatic hydroxyl groups is 1. The van der Waals surface area contributed by atoms with Crippen LogP contribution in [0, 0.1) is 0 Å². The summed E-state index contributed by atoms with van der Waals surface area (Å²) in [5.41, 5.74) is 2.03. The minimum atomic E-state index is -0.334. The van der Waals surface area contributed by atoms with Gasteiger partial charge >= 0.3 is 0 Å². The number of aliphatic hydroxyl groups excluding tert-OH is 1. The van der Waals surface area contributed by atoms with E-state index in [1.807, 2.05) is 47.2 Å². The van der Waals surface area contributed by atoms with E-state index in [0.29, 0.717) is 5.76 Å². The van der Waals surface area contributed by atoms with Gasteiger partial charge in [-0.3, -0.25) is 4.79 Å². The van der Waals surface area contributed by atoms with E-state index in [4.69, 9.17) is 14.4 Å². The van der Waals surface area contributed by atoms with Crippen molar-refractivity contribution < 1.29 is 19.2 Å². The van der Waals surface area contributed by atoms with E-state index in [9.17, 15) is 4.79 Å². The first-order chi connectivity index (χ1) is 12.3. The molecule has 6 nitrogen and oxygen atoms in total. The van der Waals surface area contributed by atoms with Gasteiger partial charge in [-0.05, 0) is 22.4 Å². The predicted octanol–water partition coefficient (Wildman–Crippen LogP) is 2.88. The Labute approximate surface area is 149 Å². The number of carbonyl (C=O) groups is 1. The van der Waals surface area contributed by atoms with E-state index >= 15 is 0 Å². The molecule has 25 heavy (non-hydrogen) atoms. The van der Waals surface area contributed by atoms with Gasteiger partial charge in [-0.2, -0.15) is 11.3 Å². The molecule has 0 aliphatic heterocycles. The fraction of sp³-hybridized carbons (Fsp3) is 0.222. The van der Waals surface area contributed by atoms with E-state index in [-0.39, 0.29) is 37.5 Å². The zero-order valence-electron chi connectivity index (χ0n) is 13.4. The first-order valence-electron chi connectivity index (χ1n) is 7.83. The number of benzene rings is 1. The summed E-state index contributed by atoms with van der Waals surface area (Å²) in [4.78, 5) is 12.3. The van der Waals surface area contributed by atoms with Gasteiger partial charge in [0.15, 0.2) is 11.5 Å². The lowest BCUT2D eigenvalue weighted by atomic mass is 10.1. The van der Waals surface area contributed by atoms with E-state index in [2.05, 4.69) is 10.5 Å². The van der Waals surface area contributed by atoms with Crippen LogP contribution >= 0.6 is 11.3 Å². The summed E-state index contributed by atoms with van der Waals surface area (Å²) in [6, 6.07) is 13.0. The van der Waals surface area contributed by atoms with Crippen LogP contribution in [0.5, 0.6) is 0 Å². The third-order valence-electron chi connectivity index (χ3n) is 3.57. The van der Waals surface area contributed by atoms with E-state index in [0.717, 1.165) is 11.1 Å². The molecule has 0 saturated carbocycles. The van der Waals surface area contributed by atoms with Crippen molar-refractivity contribution in [2.24, 2.45) is 0 Å². The molecule has 0 unspecified atom stereocenters. The molecule has 2 N–H and O–H groups in total. The smallest absolute Gasteiger partial charge is 0.273 e. The quantitative estimate of drug-likeness (QED) is 0.647. The standard InChI is InChI=1S/C18H18N2O4S/c21-7-8-23-17(14-6-9-25-12-14)11-19-18(22)15-10-16(24-20-15)13-4-2-1-3-5-13/h1-6,9-10,12,17,21H,7-8,11H2,(H,19,22)/t17-/m0/s1. The van der Waals surface area contributed by atoms with Crippen molar-refractivity contribution in [1.82, 2.24) is 10.5 Å². The number of rotatable bonds is 8. The molecule has 1 amide bonds. The Balaban J connectivity index is 1.62. The Hall–Kier alpha value is -2.48. The van der Waals surface area contributed by atoms with Gasteiger partial charge in [0.25, 0.3) is 5.91 Å². The number of nitrogens with zero attached hydrogens (tertiary/aromatic N) is 1. The first kappa shape index (κ1) is 17.3. The average molecular weight is 358 g/mol. The van der Waals surface area contributed by atoms with Crippen LogP contribution in [-0.4, -0.2) is 35.9 Å². The highest BCUT2D eigenvalue weighted by molar-refractivity contribution is 7.07. The molecular weight excluding hydrogens is 340 g/mol. The fourth-order valence-electron chi connectivity index (χ4n) is 2.32. The topological polar surface area (TPSA) is 84.6 Å². The Kier molecular flexibility index (Phi) is 5.95. The van der Waals surface area contributed by atoms with Crippen LogP contribution in [0.3, 0.4) is 0 Å². The highest BCUT2D eigenvalue weighted by Crippen LogP contribution is 2.21. The van der Waals surface area contributed by atoms with Gasteiger partial charge in [0, 0.05) is 18.2 Å². The van der Waals surface area contributed by atoms with Gasteiger partial charge in [-0.25, -0.2) is 0 Å². The number of amides is 1. The summed E-state index contributed by atoms with van der Waals surface area (Å²) in [6.07, 6.45) is -0.317. The molecule has 3 rings (SSSR count). The van der Waals surface area contributed by atoms with E-state index in [1.165, 1.54) is 0 Å². The highest BCUT2D eigenvalue weighted by atomic mass is 32.1. The number of aromatic nitrogens is 1. The minimum Gasteiger partial charge on any atom is -0.394 e. The molecule has 0 saturated heterocycles.